The molecule has 0 bridgehead atoms. The summed E-state index contributed by atoms with van der Waals surface area (Å²) >= 11 is 11.8. The molecule has 0 saturated carbocycles. The highest BCUT2D eigenvalue weighted by molar-refractivity contribution is 6.30. The zero-order chi connectivity index (χ0) is 18.4. The smallest absolute Gasteiger partial charge is 0.328 e. The van der Waals surface area contributed by atoms with E-state index in [2.05, 4.69) is 5.32 Å². The summed E-state index contributed by atoms with van der Waals surface area (Å²) in [5.41, 5.74) is 1.11. The topological polar surface area (TPSA) is 86.6 Å². The number of halogens is 2. The Hall–Kier alpha value is -2.34. The Morgan fingerprint density at radius 3 is 2.24 bits per heavy atom. The Labute approximate surface area is 154 Å². The van der Waals surface area contributed by atoms with Gasteiger partial charge in [-0.2, -0.15) is 0 Å². The highest BCUT2D eigenvalue weighted by Gasteiger charge is 2.24. The molecular formula is C18H15Cl2NO4. The minimum Gasteiger partial charge on any atom is -0.478 e. The molecule has 3 N–H and O–H groups in total. The molecule has 25 heavy (non-hydrogen) atoms. The molecule has 2 aromatic carbocycles. The van der Waals surface area contributed by atoms with Crippen molar-refractivity contribution in [2.75, 3.05) is 0 Å². The lowest BCUT2D eigenvalue weighted by Gasteiger charge is -2.24. The second-order valence-electron chi connectivity index (χ2n) is 5.21. The molecule has 1 amide bonds. The van der Waals surface area contributed by atoms with Crippen LogP contribution in [0.15, 0.2) is 60.7 Å². The van der Waals surface area contributed by atoms with Crippen molar-refractivity contribution < 1.29 is 19.8 Å². The predicted octanol–water partition coefficient (Wildman–Crippen LogP) is 3.53. The van der Waals surface area contributed by atoms with Gasteiger partial charge in [-0.05, 0) is 35.4 Å². The molecule has 0 aliphatic rings. The molecular weight excluding hydrogens is 365 g/mol. The first-order chi connectivity index (χ1) is 11.9. The summed E-state index contributed by atoms with van der Waals surface area (Å²) < 4.78 is 0. The highest BCUT2D eigenvalue weighted by Crippen LogP contribution is 2.30. The summed E-state index contributed by atoms with van der Waals surface area (Å²) in [5, 5.41) is 22.9. The monoisotopic (exact) mass is 379 g/mol. The number of hydrogen-bond donors (Lipinski definition) is 3. The van der Waals surface area contributed by atoms with E-state index in [9.17, 15) is 14.7 Å². The summed E-state index contributed by atoms with van der Waals surface area (Å²) in [7, 11) is 0. The van der Waals surface area contributed by atoms with Gasteiger partial charge in [0.1, 0.15) is 6.10 Å². The Morgan fingerprint density at radius 1 is 0.960 bits per heavy atom. The van der Waals surface area contributed by atoms with Gasteiger partial charge < -0.3 is 15.5 Å². The molecule has 0 unspecified atom stereocenters. The maximum atomic E-state index is 12.0. The number of carbonyl (C=O) groups is 2. The molecule has 0 fully saturated rings. The van der Waals surface area contributed by atoms with Crippen LogP contribution in [0.25, 0.3) is 0 Å². The number of amides is 1. The quantitative estimate of drug-likeness (QED) is 0.670. The van der Waals surface area contributed by atoms with Crippen LogP contribution in [0.4, 0.5) is 0 Å². The summed E-state index contributed by atoms with van der Waals surface area (Å²) in [6, 6.07) is 12.4. The van der Waals surface area contributed by atoms with E-state index in [1.165, 1.54) is 0 Å². The number of rotatable bonds is 6. The van der Waals surface area contributed by atoms with Crippen molar-refractivity contribution in [1.82, 2.24) is 5.32 Å². The van der Waals surface area contributed by atoms with Crippen molar-refractivity contribution in [2.45, 2.75) is 12.1 Å². The summed E-state index contributed by atoms with van der Waals surface area (Å²) in [6.07, 6.45) is 0.512. The summed E-state index contributed by atoms with van der Waals surface area (Å²) in [4.78, 5) is 22.5. The number of carboxylic acids is 1. The van der Waals surface area contributed by atoms with Crippen LogP contribution >= 0.6 is 23.2 Å². The number of carboxylic acid groups (broad SMARTS) is 1. The lowest BCUT2D eigenvalue weighted by atomic mass is 9.95. The van der Waals surface area contributed by atoms with Gasteiger partial charge >= 0.3 is 5.97 Å². The zero-order valence-corrected chi connectivity index (χ0v) is 14.4. The second kappa shape index (κ2) is 8.67. The van der Waals surface area contributed by atoms with Gasteiger partial charge in [0.05, 0.1) is 6.04 Å². The minimum absolute atomic E-state index is 0.448. The van der Waals surface area contributed by atoms with E-state index in [0.29, 0.717) is 21.2 Å². The van der Waals surface area contributed by atoms with Crippen molar-refractivity contribution in [2.24, 2.45) is 0 Å². The van der Waals surface area contributed by atoms with Crippen molar-refractivity contribution in [3.8, 4) is 0 Å². The number of aliphatic carboxylic acids is 1. The molecule has 0 aromatic heterocycles. The predicted molar refractivity (Wildman–Crippen MR) is 95.5 cm³/mol. The van der Waals surface area contributed by atoms with Gasteiger partial charge in [-0.1, -0.05) is 47.5 Å². The molecule has 2 atom stereocenters. The largest absolute Gasteiger partial charge is 0.478 e. The van der Waals surface area contributed by atoms with Crippen LogP contribution in [-0.4, -0.2) is 22.1 Å². The van der Waals surface area contributed by atoms with E-state index in [-0.39, 0.29) is 0 Å². The van der Waals surface area contributed by atoms with E-state index >= 15 is 0 Å². The third kappa shape index (κ3) is 5.60. The first kappa shape index (κ1) is 19.0. The Kier molecular flexibility index (Phi) is 6.58. The summed E-state index contributed by atoms with van der Waals surface area (Å²) in [6.45, 7) is 0. The van der Waals surface area contributed by atoms with Gasteiger partial charge in [-0.25, -0.2) is 4.79 Å². The molecule has 0 saturated heterocycles. The Bertz CT molecular complexity index is 790. The fourth-order valence-corrected chi connectivity index (χ4v) is 2.57. The number of nitrogens with one attached hydrogen (secondary N) is 1. The molecule has 0 aliphatic heterocycles. The van der Waals surface area contributed by atoms with E-state index in [1.807, 2.05) is 0 Å². The normalized spacial score (nSPS) is 13.4. The van der Waals surface area contributed by atoms with Gasteiger partial charge in [0.25, 0.3) is 0 Å². The van der Waals surface area contributed by atoms with Crippen molar-refractivity contribution >= 4 is 35.1 Å². The molecule has 2 aromatic rings. The summed E-state index contributed by atoms with van der Waals surface area (Å²) in [5.74, 6) is -1.89. The molecule has 5 nitrogen and oxygen atoms in total. The van der Waals surface area contributed by atoms with E-state index in [0.717, 1.165) is 12.2 Å². The van der Waals surface area contributed by atoms with Crippen molar-refractivity contribution in [3.63, 3.8) is 0 Å². The maximum absolute atomic E-state index is 12.0. The van der Waals surface area contributed by atoms with Crippen LogP contribution in [0, 0.1) is 0 Å². The minimum atomic E-state index is -1.24. The third-order valence-electron chi connectivity index (χ3n) is 3.41. The maximum Gasteiger partial charge on any atom is 0.328 e. The van der Waals surface area contributed by atoms with Crippen LogP contribution < -0.4 is 5.32 Å². The van der Waals surface area contributed by atoms with Crippen LogP contribution in [0.3, 0.4) is 0 Å². The number of carbonyl (C=O) groups excluding carboxylic acids is 1. The van der Waals surface area contributed by atoms with Crippen LogP contribution in [0.5, 0.6) is 0 Å². The van der Waals surface area contributed by atoms with Crippen LogP contribution in [0.2, 0.25) is 10.0 Å². The van der Waals surface area contributed by atoms with E-state index in [1.54, 1.807) is 48.5 Å². The number of aliphatic hydroxyl groups excluding tert-OH is 1. The average molecular weight is 380 g/mol. The van der Waals surface area contributed by atoms with Crippen molar-refractivity contribution in [1.29, 1.82) is 0 Å². The molecule has 0 aliphatic carbocycles. The second-order valence-corrected chi connectivity index (χ2v) is 6.08. The van der Waals surface area contributed by atoms with Gasteiger partial charge in [0.2, 0.25) is 5.91 Å². The number of hydrogen-bond acceptors (Lipinski definition) is 3. The SMILES string of the molecule is O=C(O)/C=C/C(=O)N[C@H](c1ccc(Cl)cc1)[C@H](O)c1cccc(Cl)c1. The number of aliphatic hydroxyl groups is 1. The third-order valence-corrected chi connectivity index (χ3v) is 3.90. The Morgan fingerprint density at radius 2 is 1.64 bits per heavy atom. The Balaban J connectivity index is 2.32. The van der Waals surface area contributed by atoms with Gasteiger partial charge in [-0.15, -0.1) is 0 Å². The lowest BCUT2D eigenvalue weighted by Crippen LogP contribution is -2.31. The first-order valence-electron chi connectivity index (χ1n) is 7.27. The van der Waals surface area contributed by atoms with Crippen molar-refractivity contribution in [3.05, 3.63) is 81.9 Å². The average Bonchev–Trinajstić information content (AvgIpc) is 2.58. The zero-order valence-electron chi connectivity index (χ0n) is 12.9. The van der Waals surface area contributed by atoms with E-state index < -0.39 is 24.0 Å². The highest BCUT2D eigenvalue weighted by atomic mass is 35.5. The fraction of sp³-hybridized carbons (Fsp3) is 0.111. The standard InChI is InChI=1S/C18H15Cl2NO4/c19-13-6-4-11(5-7-13)17(21-15(22)8-9-16(23)24)18(25)12-2-1-3-14(20)10-12/h1-10,17-18,25H,(H,21,22)(H,23,24)/b9-8+/t17-,18-/m1/s1. The molecule has 7 heteroatoms. The van der Waals surface area contributed by atoms with Gasteiger partial charge in [0.15, 0.2) is 0 Å². The first-order valence-corrected chi connectivity index (χ1v) is 8.03. The van der Waals surface area contributed by atoms with Crippen LogP contribution in [0.1, 0.15) is 23.3 Å². The number of benzene rings is 2. The molecule has 2 rings (SSSR count). The molecule has 0 spiro atoms. The molecule has 0 radical (unpaired) electrons. The van der Waals surface area contributed by atoms with Gasteiger partial charge in [-0.3, -0.25) is 4.79 Å². The molecule has 130 valence electrons. The fourth-order valence-electron chi connectivity index (χ4n) is 2.25. The lowest BCUT2D eigenvalue weighted by molar-refractivity contribution is -0.131. The van der Waals surface area contributed by atoms with Crippen LogP contribution in [-0.2, 0) is 9.59 Å². The molecule has 0 heterocycles. The van der Waals surface area contributed by atoms with E-state index in [4.69, 9.17) is 28.3 Å². The van der Waals surface area contributed by atoms with Gasteiger partial charge in [0, 0.05) is 22.2 Å².